The van der Waals surface area contributed by atoms with Crippen LogP contribution in [0.3, 0.4) is 0 Å². The number of rotatable bonds is 3. The van der Waals surface area contributed by atoms with Crippen LogP contribution in [0.5, 0.6) is 0 Å². The van der Waals surface area contributed by atoms with Crippen molar-refractivity contribution in [2.75, 3.05) is 4.90 Å². The number of allylic oxidation sites excluding steroid dienone is 1. The van der Waals surface area contributed by atoms with Gasteiger partial charge in [0.1, 0.15) is 0 Å². The number of para-hydroxylation sites is 1. The third kappa shape index (κ3) is 3.14. The molecule has 0 aromatic heterocycles. The number of carbonyl (C=O) groups is 1. The standard InChI is InChI=1S/C19H17BrN2OS/c1-12-17(13(2)23)18(14-8-10-15(20)11-9-14)21-19(24)22(12)16-6-4-3-5-7-16/h3-11,18H,1-2H3,(H,21,24)/t18-/m1/s1. The molecule has 1 aliphatic rings. The lowest BCUT2D eigenvalue weighted by molar-refractivity contribution is -0.114. The van der Waals surface area contributed by atoms with Crippen LogP contribution in [0.2, 0.25) is 0 Å². The number of nitrogens with zero attached hydrogens (tertiary/aromatic N) is 1. The third-order valence-corrected chi connectivity index (χ3v) is 4.91. The van der Waals surface area contributed by atoms with E-state index in [2.05, 4.69) is 21.2 Å². The molecule has 1 heterocycles. The molecule has 0 unspecified atom stereocenters. The topological polar surface area (TPSA) is 32.3 Å². The van der Waals surface area contributed by atoms with Crippen molar-refractivity contribution in [2.45, 2.75) is 19.9 Å². The van der Waals surface area contributed by atoms with E-state index in [4.69, 9.17) is 12.2 Å². The maximum atomic E-state index is 12.4. The number of benzene rings is 2. The van der Waals surface area contributed by atoms with Gasteiger partial charge < -0.3 is 5.32 Å². The van der Waals surface area contributed by atoms with E-state index in [0.29, 0.717) is 5.11 Å². The normalized spacial score (nSPS) is 17.7. The first-order valence-electron chi connectivity index (χ1n) is 7.62. The van der Waals surface area contributed by atoms with E-state index in [9.17, 15) is 4.79 Å². The Morgan fingerprint density at radius 3 is 2.33 bits per heavy atom. The molecule has 0 spiro atoms. The fourth-order valence-electron chi connectivity index (χ4n) is 2.99. The lowest BCUT2D eigenvalue weighted by Gasteiger charge is -2.37. The summed E-state index contributed by atoms with van der Waals surface area (Å²) >= 11 is 9.03. The molecule has 24 heavy (non-hydrogen) atoms. The molecule has 2 aromatic carbocycles. The van der Waals surface area contributed by atoms with Gasteiger partial charge in [0.05, 0.1) is 6.04 Å². The highest BCUT2D eigenvalue weighted by atomic mass is 79.9. The van der Waals surface area contributed by atoms with Crippen molar-refractivity contribution in [1.82, 2.24) is 5.32 Å². The maximum absolute atomic E-state index is 12.4. The molecule has 0 amide bonds. The first kappa shape index (κ1) is 16.9. The SMILES string of the molecule is CC(=O)C1=C(C)N(c2ccccc2)C(=S)N[C@@H]1c1ccc(Br)cc1. The first-order chi connectivity index (χ1) is 11.5. The van der Waals surface area contributed by atoms with Gasteiger partial charge in [-0.15, -0.1) is 0 Å². The summed E-state index contributed by atoms with van der Waals surface area (Å²) < 4.78 is 1.00. The highest BCUT2D eigenvalue weighted by molar-refractivity contribution is 9.10. The van der Waals surface area contributed by atoms with Crippen molar-refractivity contribution in [1.29, 1.82) is 0 Å². The number of halogens is 1. The predicted octanol–water partition coefficient (Wildman–Crippen LogP) is 4.75. The summed E-state index contributed by atoms with van der Waals surface area (Å²) in [7, 11) is 0. The lowest BCUT2D eigenvalue weighted by atomic mass is 9.92. The Hall–Kier alpha value is -1.98. The van der Waals surface area contributed by atoms with Crippen molar-refractivity contribution >= 4 is 44.7 Å². The van der Waals surface area contributed by atoms with Gasteiger partial charge in [0.15, 0.2) is 10.9 Å². The fraction of sp³-hybridized carbons (Fsp3) is 0.158. The Bertz CT molecular complexity index is 815. The number of hydrogen-bond acceptors (Lipinski definition) is 2. The van der Waals surface area contributed by atoms with Crippen LogP contribution in [0.1, 0.15) is 25.5 Å². The van der Waals surface area contributed by atoms with Gasteiger partial charge in [-0.2, -0.15) is 0 Å². The van der Waals surface area contributed by atoms with Crippen LogP contribution in [-0.4, -0.2) is 10.9 Å². The van der Waals surface area contributed by atoms with Gasteiger partial charge in [-0.3, -0.25) is 9.69 Å². The van der Waals surface area contributed by atoms with Crippen molar-refractivity contribution in [3.05, 3.63) is 75.9 Å². The summed E-state index contributed by atoms with van der Waals surface area (Å²) in [5, 5.41) is 3.92. The van der Waals surface area contributed by atoms with Crippen LogP contribution in [0.25, 0.3) is 0 Å². The van der Waals surface area contributed by atoms with Crippen LogP contribution in [0.15, 0.2) is 70.3 Å². The second-order valence-electron chi connectivity index (χ2n) is 5.66. The Labute approximate surface area is 155 Å². The summed E-state index contributed by atoms with van der Waals surface area (Å²) in [6, 6.07) is 17.5. The molecule has 0 saturated heterocycles. The van der Waals surface area contributed by atoms with Crippen molar-refractivity contribution < 1.29 is 4.79 Å². The van der Waals surface area contributed by atoms with Gasteiger partial charge in [0.2, 0.25) is 0 Å². The molecule has 3 nitrogen and oxygen atoms in total. The summed E-state index contributed by atoms with van der Waals surface area (Å²) in [4.78, 5) is 14.3. The van der Waals surface area contributed by atoms with E-state index < -0.39 is 0 Å². The largest absolute Gasteiger partial charge is 0.351 e. The van der Waals surface area contributed by atoms with Gasteiger partial charge in [0, 0.05) is 21.4 Å². The zero-order valence-electron chi connectivity index (χ0n) is 13.4. The van der Waals surface area contributed by atoms with Gasteiger partial charge >= 0.3 is 0 Å². The molecule has 0 saturated carbocycles. The minimum Gasteiger partial charge on any atom is -0.351 e. The van der Waals surface area contributed by atoms with Crippen LogP contribution < -0.4 is 10.2 Å². The second-order valence-corrected chi connectivity index (χ2v) is 6.96. The molecular weight excluding hydrogens is 384 g/mol. The number of Topliss-reactive ketones (excluding diaryl/α,β-unsaturated/α-hetero) is 1. The maximum Gasteiger partial charge on any atom is 0.178 e. The number of thiocarbonyl (C=S) groups is 1. The summed E-state index contributed by atoms with van der Waals surface area (Å²) in [6.07, 6.45) is 0. The van der Waals surface area contributed by atoms with Crippen LogP contribution >= 0.6 is 28.1 Å². The fourth-order valence-corrected chi connectivity index (χ4v) is 3.62. The van der Waals surface area contributed by atoms with Crippen LogP contribution in [0, 0.1) is 0 Å². The number of ketones is 1. The van der Waals surface area contributed by atoms with E-state index in [1.54, 1.807) is 6.92 Å². The smallest absolute Gasteiger partial charge is 0.178 e. The van der Waals surface area contributed by atoms with E-state index in [-0.39, 0.29) is 11.8 Å². The lowest BCUT2D eigenvalue weighted by Crippen LogP contribution is -2.47. The van der Waals surface area contributed by atoms with Gasteiger partial charge in [-0.05, 0) is 55.9 Å². The molecule has 0 radical (unpaired) electrons. The molecule has 2 aromatic rings. The Kier molecular flexibility index (Phi) is 4.83. The number of carbonyl (C=O) groups excluding carboxylic acids is 1. The Balaban J connectivity index is 2.11. The molecule has 122 valence electrons. The predicted molar refractivity (Wildman–Crippen MR) is 105 cm³/mol. The van der Waals surface area contributed by atoms with Crippen LogP contribution in [-0.2, 0) is 4.79 Å². The van der Waals surface area contributed by atoms with Crippen LogP contribution in [0.4, 0.5) is 5.69 Å². The molecule has 0 aliphatic carbocycles. The van der Waals surface area contributed by atoms with Gasteiger partial charge in [-0.25, -0.2) is 0 Å². The number of hydrogen-bond donors (Lipinski definition) is 1. The molecule has 1 N–H and O–H groups in total. The molecule has 0 bridgehead atoms. The third-order valence-electron chi connectivity index (χ3n) is 4.08. The molecule has 1 aliphatic heterocycles. The van der Waals surface area contributed by atoms with Gasteiger partial charge in [0.25, 0.3) is 0 Å². The summed E-state index contributed by atoms with van der Waals surface area (Å²) in [6.45, 7) is 3.55. The molecule has 0 fully saturated rings. The molecule has 3 rings (SSSR count). The zero-order valence-corrected chi connectivity index (χ0v) is 15.8. The van der Waals surface area contributed by atoms with E-state index in [1.807, 2.05) is 66.4 Å². The quantitative estimate of drug-likeness (QED) is 0.753. The highest BCUT2D eigenvalue weighted by Crippen LogP contribution is 2.34. The Morgan fingerprint density at radius 1 is 1.12 bits per heavy atom. The molecule has 5 heteroatoms. The Morgan fingerprint density at radius 2 is 1.75 bits per heavy atom. The zero-order chi connectivity index (χ0) is 17.3. The first-order valence-corrected chi connectivity index (χ1v) is 8.82. The number of anilines is 1. The van der Waals surface area contributed by atoms with Crippen molar-refractivity contribution in [3.8, 4) is 0 Å². The van der Waals surface area contributed by atoms with Crippen molar-refractivity contribution in [2.24, 2.45) is 0 Å². The van der Waals surface area contributed by atoms with E-state index in [0.717, 1.165) is 27.0 Å². The van der Waals surface area contributed by atoms with Crippen molar-refractivity contribution in [3.63, 3.8) is 0 Å². The average Bonchev–Trinajstić information content (AvgIpc) is 2.55. The monoisotopic (exact) mass is 400 g/mol. The van der Waals surface area contributed by atoms with E-state index >= 15 is 0 Å². The minimum atomic E-state index is -0.233. The number of nitrogens with one attached hydrogen (secondary N) is 1. The van der Waals surface area contributed by atoms with E-state index in [1.165, 1.54) is 0 Å². The summed E-state index contributed by atoms with van der Waals surface area (Å²) in [5.74, 6) is 0.0383. The minimum absolute atomic E-state index is 0.0383. The average molecular weight is 401 g/mol. The molecule has 1 atom stereocenters. The summed E-state index contributed by atoms with van der Waals surface area (Å²) in [5.41, 5.74) is 3.55. The molecular formula is C19H17BrN2OS. The highest BCUT2D eigenvalue weighted by Gasteiger charge is 2.32. The second kappa shape index (κ2) is 6.87. The van der Waals surface area contributed by atoms with Gasteiger partial charge in [-0.1, -0.05) is 46.3 Å².